The van der Waals surface area contributed by atoms with Gasteiger partial charge in [-0.15, -0.1) is 0 Å². The topological polar surface area (TPSA) is 38.3 Å². The van der Waals surface area contributed by atoms with Crippen molar-refractivity contribution in [2.45, 2.75) is 18.9 Å². The van der Waals surface area contributed by atoms with E-state index in [4.69, 9.17) is 4.74 Å². The van der Waals surface area contributed by atoms with E-state index < -0.39 is 0 Å². The molecule has 3 heteroatoms. The van der Waals surface area contributed by atoms with E-state index in [1.165, 1.54) is 0 Å². The van der Waals surface area contributed by atoms with Gasteiger partial charge < -0.3 is 14.8 Å². The molecule has 0 aromatic carbocycles. The molecule has 0 spiro atoms. The molecule has 1 aliphatic heterocycles. The van der Waals surface area contributed by atoms with E-state index in [-0.39, 0.29) is 0 Å². The van der Waals surface area contributed by atoms with Crippen molar-refractivity contribution in [3.8, 4) is 0 Å². The highest BCUT2D eigenvalue weighted by molar-refractivity contribution is 5.51. The highest BCUT2D eigenvalue weighted by atomic mass is 16.5. The van der Waals surface area contributed by atoms with Crippen molar-refractivity contribution in [1.29, 1.82) is 0 Å². The predicted octanol–water partition coefficient (Wildman–Crippen LogP) is -0.0461. The molecular formula is C7H13NO2. The number of aldehydes is 1. The number of rotatable bonds is 3. The number of hydrogen-bond donors (Lipinski definition) is 1. The molecule has 1 N–H and O–H groups in total. The number of hydrogen-bond acceptors (Lipinski definition) is 3. The molecule has 1 saturated heterocycles. The van der Waals surface area contributed by atoms with Gasteiger partial charge in [0.15, 0.2) is 0 Å². The second kappa shape index (κ2) is 4.41. The maximum atomic E-state index is 9.95. The van der Waals surface area contributed by atoms with Crippen LogP contribution in [0.2, 0.25) is 0 Å². The Morgan fingerprint density at radius 1 is 1.50 bits per heavy atom. The highest BCUT2D eigenvalue weighted by Crippen LogP contribution is 2.04. The lowest BCUT2D eigenvalue weighted by Gasteiger charge is -2.21. The zero-order chi connectivity index (χ0) is 7.23. The Morgan fingerprint density at radius 3 is 2.80 bits per heavy atom. The van der Waals surface area contributed by atoms with E-state index in [0.29, 0.717) is 12.6 Å². The van der Waals surface area contributed by atoms with Crippen LogP contribution in [0.5, 0.6) is 0 Å². The van der Waals surface area contributed by atoms with Crippen molar-refractivity contribution >= 4 is 6.29 Å². The van der Waals surface area contributed by atoms with Gasteiger partial charge in [-0.1, -0.05) is 0 Å². The SMILES string of the molecule is O=CCNC1CCOCC1. The molecule has 10 heavy (non-hydrogen) atoms. The molecule has 58 valence electrons. The fraction of sp³-hybridized carbons (Fsp3) is 0.857. The van der Waals surface area contributed by atoms with Crippen molar-refractivity contribution in [1.82, 2.24) is 5.32 Å². The average Bonchev–Trinajstić information content (AvgIpc) is 2.03. The molecule has 0 atom stereocenters. The first kappa shape index (κ1) is 7.69. The summed E-state index contributed by atoms with van der Waals surface area (Å²) in [5.74, 6) is 0. The predicted molar refractivity (Wildman–Crippen MR) is 37.9 cm³/mol. The van der Waals surface area contributed by atoms with Crippen LogP contribution in [-0.2, 0) is 9.53 Å². The van der Waals surface area contributed by atoms with E-state index in [9.17, 15) is 4.79 Å². The van der Waals surface area contributed by atoms with E-state index in [1.807, 2.05) is 0 Å². The molecule has 1 aliphatic rings. The third-order valence-electron chi connectivity index (χ3n) is 1.71. The van der Waals surface area contributed by atoms with Crippen molar-refractivity contribution in [2.75, 3.05) is 19.8 Å². The van der Waals surface area contributed by atoms with Crippen LogP contribution in [0.15, 0.2) is 0 Å². The van der Waals surface area contributed by atoms with Crippen molar-refractivity contribution in [3.05, 3.63) is 0 Å². The molecule has 1 fully saturated rings. The van der Waals surface area contributed by atoms with Gasteiger partial charge in [0, 0.05) is 19.3 Å². The molecule has 1 rings (SSSR count). The molecule has 3 nitrogen and oxygen atoms in total. The summed E-state index contributed by atoms with van der Waals surface area (Å²) >= 11 is 0. The summed E-state index contributed by atoms with van der Waals surface area (Å²) in [6, 6.07) is 0.499. The van der Waals surface area contributed by atoms with Crippen molar-refractivity contribution < 1.29 is 9.53 Å². The van der Waals surface area contributed by atoms with Gasteiger partial charge in [-0.05, 0) is 12.8 Å². The molecule has 0 bridgehead atoms. The van der Waals surface area contributed by atoms with Crippen LogP contribution < -0.4 is 5.32 Å². The maximum Gasteiger partial charge on any atom is 0.133 e. The Balaban J connectivity index is 2.07. The van der Waals surface area contributed by atoms with Crippen LogP contribution in [-0.4, -0.2) is 32.1 Å². The van der Waals surface area contributed by atoms with Gasteiger partial charge in [-0.25, -0.2) is 0 Å². The van der Waals surface area contributed by atoms with Crippen LogP contribution in [0, 0.1) is 0 Å². The van der Waals surface area contributed by atoms with E-state index in [1.54, 1.807) is 0 Å². The first-order valence-corrected chi connectivity index (χ1v) is 3.68. The third-order valence-corrected chi connectivity index (χ3v) is 1.71. The lowest BCUT2D eigenvalue weighted by Crippen LogP contribution is -2.35. The summed E-state index contributed by atoms with van der Waals surface area (Å²) < 4.78 is 5.15. The highest BCUT2D eigenvalue weighted by Gasteiger charge is 2.11. The van der Waals surface area contributed by atoms with Crippen LogP contribution in [0.1, 0.15) is 12.8 Å². The van der Waals surface area contributed by atoms with Gasteiger partial charge in [0.05, 0.1) is 6.54 Å². The monoisotopic (exact) mass is 143 g/mol. The zero-order valence-corrected chi connectivity index (χ0v) is 6.01. The summed E-state index contributed by atoms with van der Waals surface area (Å²) in [5.41, 5.74) is 0. The Labute approximate surface area is 60.7 Å². The number of carbonyl (C=O) groups is 1. The molecule has 0 saturated carbocycles. The summed E-state index contributed by atoms with van der Waals surface area (Å²) in [4.78, 5) is 9.95. The molecule has 0 radical (unpaired) electrons. The normalized spacial score (nSPS) is 20.8. The van der Waals surface area contributed by atoms with Gasteiger partial charge in [0.25, 0.3) is 0 Å². The fourth-order valence-electron chi connectivity index (χ4n) is 1.12. The van der Waals surface area contributed by atoms with Gasteiger partial charge in [-0.3, -0.25) is 0 Å². The lowest BCUT2D eigenvalue weighted by molar-refractivity contribution is -0.107. The molecular weight excluding hydrogens is 130 g/mol. The van der Waals surface area contributed by atoms with E-state index >= 15 is 0 Å². The third kappa shape index (κ3) is 2.45. The number of ether oxygens (including phenoxy) is 1. The number of nitrogens with one attached hydrogen (secondary N) is 1. The summed E-state index contributed by atoms with van der Waals surface area (Å²) in [7, 11) is 0. The second-order valence-corrected chi connectivity index (χ2v) is 2.46. The molecule has 0 amide bonds. The fourth-order valence-corrected chi connectivity index (χ4v) is 1.12. The van der Waals surface area contributed by atoms with E-state index in [2.05, 4.69) is 5.32 Å². The summed E-state index contributed by atoms with van der Waals surface area (Å²) in [6.45, 7) is 2.14. The van der Waals surface area contributed by atoms with Gasteiger partial charge in [0.2, 0.25) is 0 Å². The quantitative estimate of drug-likeness (QED) is 0.563. The maximum absolute atomic E-state index is 9.95. The Bertz CT molecular complexity index is 99.8. The van der Waals surface area contributed by atoms with Crippen LogP contribution in [0.4, 0.5) is 0 Å². The van der Waals surface area contributed by atoms with Gasteiger partial charge in [-0.2, -0.15) is 0 Å². The molecule has 1 heterocycles. The van der Waals surface area contributed by atoms with Gasteiger partial charge in [0.1, 0.15) is 6.29 Å². The average molecular weight is 143 g/mol. The largest absolute Gasteiger partial charge is 0.381 e. The summed E-state index contributed by atoms with van der Waals surface area (Å²) in [5, 5.41) is 3.12. The first-order chi connectivity index (χ1) is 4.93. The molecule has 0 aromatic rings. The number of carbonyl (C=O) groups excluding carboxylic acids is 1. The zero-order valence-electron chi connectivity index (χ0n) is 6.01. The lowest BCUT2D eigenvalue weighted by atomic mass is 10.1. The smallest absolute Gasteiger partial charge is 0.133 e. The van der Waals surface area contributed by atoms with Crippen LogP contribution in [0.3, 0.4) is 0 Å². The molecule has 0 aromatic heterocycles. The molecule has 0 unspecified atom stereocenters. The van der Waals surface area contributed by atoms with Gasteiger partial charge >= 0.3 is 0 Å². The van der Waals surface area contributed by atoms with Crippen LogP contribution >= 0.6 is 0 Å². The standard InChI is InChI=1S/C7H13NO2/c9-4-3-8-7-1-5-10-6-2-7/h4,7-8H,1-3,5-6H2. The Morgan fingerprint density at radius 2 is 2.20 bits per heavy atom. The second-order valence-electron chi connectivity index (χ2n) is 2.46. The summed E-state index contributed by atoms with van der Waals surface area (Å²) in [6.07, 6.45) is 2.97. The minimum Gasteiger partial charge on any atom is -0.381 e. The van der Waals surface area contributed by atoms with Crippen molar-refractivity contribution in [3.63, 3.8) is 0 Å². The Hall–Kier alpha value is -0.410. The minimum atomic E-state index is 0.477. The van der Waals surface area contributed by atoms with Crippen molar-refractivity contribution in [2.24, 2.45) is 0 Å². The van der Waals surface area contributed by atoms with Crippen LogP contribution in [0.25, 0.3) is 0 Å². The minimum absolute atomic E-state index is 0.477. The Kier molecular flexibility index (Phi) is 3.40. The first-order valence-electron chi connectivity index (χ1n) is 3.68. The van der Waals surface area contributed by atoms with E-state index in [0.717, 1.165) is 32.3 Å². The molecule has 0 aliphatic carbocycles.